The summed E-state index contributed by atoms with van der Waals surface area (Å²) in [6.07, 6.45) is -2.33. The van der Waals surface area contributed by atoms with Crippen molar-refractivity contribution in [3.8, 4) is 0 Å². The largest absolute Gasteiger partial charge is 2.00 e. The Labute approximate surface area is 47.7 Å². The molecule has 0 radical (unpaired) electrons. The van der Waals surface area contributed by atoms with Gasteiger partial charge in [-0.1, -0.05) is 0 Å². The fraction of sp³-hybridized carbons (Fsp3) is 0. The fourth-order valence-electron chi connectivity index (χ4n) is 0. The molecule has 0 unspecified atom stereocenters. The number of carbonyl (C=O) groups excluding carboxylic acids is 1. The molecule has 3 nitrogen and oxygen atoms in total. The van der Waals surface area contributed by atoms with E-state index in [-0.39, 0.29) is 26.2 Å². The predicted molar refractivity (Wildman–Crippen MR) is 5.40 cm³/mol. The Kier molecular flexibility index (Phi) is 7.43. The van der Waals surface area contributed by atoms with Crippen molar-refractivity contribution in [3.63, 3.8) is 0 Å². The summed E-state index contributed by atoms with van der Waals surface area (Å²) in [7, 11) is 0. The van der Waals surface area contributed by atoms with Crippen molar-refractivity contribution in [1.29, 1.82) is 0 Å². The van der Waals surface area contributed by atoms with Gasteiger partial charge in [-0.15, -0.1) is 0 Å². The summed E-state index contributed by atoms with van der Waals surface area (Å²) in [6, 6.07) is 0. The average molecular weight is 151 g/mol. The van der Waals surface area contributed by atoms with Crippen LogP contribution in [0.25, 0.3) is 0 Å². The third kappa shape index (κ3) is 821. The molecule has 26 valence electrons. The molecule has 0 atom stereocenters. The van der Waals surface area contributed by atoms with E-state index in [1.807, 2.05) is 0 Å². The Morgan fingerprint density at radius 2 is 1.40 bits per heavy atom. The second-order valence-electron chi connectivity index (χ2n) is 0.250. The maximum absolute atomic E-state index is 8.33. The van der Waals surface area contributed by atoms with Crippen LogP contribution in [-0.4, -0.2) is 6.16 Å². The van der Waals surface area contributed by atoms with Gasteiger partial charge in [-0.3, -0.25) is 0 Å². The van der Waals surface area contributed by atoms with E-state index in [0.29, 0.717) is 0 Å². The van der Waals surface area contributed by atoms with Crippen molar-refractivity contribution in [2.24, 2.45) is 0 Å². The number of hydrogen-bond donors (Lipinski definition) is 0. The van der Waals surface area contributed by atoms with E-state index >= 15 is 0 Å². The van der Waals surface area contributed by atoms with E-state index < -0.39 is 6.16 Å². The number of carbonyl (C=O) groups is 1. The van der Waals surface area contributed by atoms with Crippen molar-refractivity contribution in [2.45, 2.75) is 0 Å². The second-order valence-corrected chi connectivity index (χ2v) is 0.250. The van der Waals surface area contributed by atoms with Crippen molar-refractivity contribution < 1.29 is 41.2 Å². The SMILES string of the molecule is O=C([O-])[O-].[Zr+2]. The molecule has 0 bridgehead atoms. The van der Waals surface area contributed by atoms with Gasteiger partial charge in [0, 0.05) is 0 Å². The fourth-order valence-corrected chi connectivity index (χ4v) is 0. The zero-order valence-corrected chi connectivity index (χ0v) is 4.68. The van der Waals surface area contributed by atoms with Gasteiger partial charge in [0.05, 0.1) is 0 Å². The minimum Gasteiger partial charge on any atom is -0.652 e. The van der Waals surface area contributed by atoms with Gasteiger partial charge in [-0.25, -0.2) is 0 Å². The minimum atomic E-state index is -2.33. The zero-order valence-electron chi connectivity index (χ0n) is 2.22. The van der Waals surface area contributed by atoms with Crippen LogP contribution in [0.2, 0.25) is 0 Å². The first-order chi connectivity index (χ1) is 1.73. The molecule has 4 heteroatoms. The number of hydrogen-bond acceptors (Lipinski definition) is 3. The summed E-state index contributed by atoms with van der Waals surface area (Å²) in [6.45, 7) is 0. The summed E-state index contributed by atoms with van der Waals surface area (Å²) in [5.74, 6) is 0. The maximum atomic E-state index is 8.33. The molecule has 0 aliphatic rings. The van der Waals surface area contributed by atoms with Crippen LogP contribution in [0.5, 0.6) is 0 Å². The Bertz CT molecular complexity index is 29.9. The molecule has 0 saturated heterocycles. The molecule has 0 aromatic heterocycles. The van der Waals surface area contributed by atoms with Gasteiger partial charge in [0.2, 0.25) is 0 Å². The molecule has 0 spiro atoms. The molecule has 0 rings (SSSR count). The quantitative estimate of drug-likeness (QED) is 0.386. The van der Waals surface area contributed by atoms with E-state index in [9.17, 15) is 0 Å². The predicted octanol–water partition coefficient (Wildman–Crippen LogP) is -2.45. The van der Waals surface area contributed by atoms with E-state index in [1.165, 1.54) is 0 Å². The molecule has 0 aliphatic carbocycles. The van der Waals surface area contributed by atoms with E-state index in [1.54, 1.807) is 0 Å². The summed E-state index contributed by atoms with van der Waals surface area (Å²) in [4.78, 5) is 8.33. The number of rotatable bonds is 0. The van der Waals surface area contributed by atoms with Crippen molar-refractivity contribution in [1.82, 2.24) is 0 Å². The van der Waals surface area contributed by atoms with Crippen LogP contribution in [0.3, 0.4) is 0 Å². The molecule has 5 heavy (non-hydrogen) atoms. The monoisotopic (exact) mass is 150 g/mol. The average Bonchev–Trinajstić information content (AvgIpc) is 0.811. The summed E-state index contributed by atoms with van der Waals surface area (Å²) < 4.78 is 0. The first-order valence-electron chi connectivity index (χ1n) is 0.612. The molecule has 0 heterocycles. The minimum absolute atomic E-state index is 0. The van der Waals surface area contributed by atoms with Gasteiger partial charge in [-0.2, -0.15) is 0 Å². The maximum Gasteiger partial charge on any atom is 2.00 e. The molecule has 0 amide bonds. The van der Waals surface area contributed by atoms with Gasteiger partial charge in [0.25, 0.3) is 0 Å². The Hall–Kier alpha value is 0.153. The third-order valence-electron chi connectivity index (χ3n) is 0. The summed E-state index contributed by atoms with van der Waals surface area (Å²) in [5, 5.41) is 16.7. The van der Waals surface area contributed by atoms with Gasteiger partial charge in [0.1, 0.15) is 0 Å². The summed E-state index contributed by atoms with van der Waals surface area (Å²) >= 11 is 0. The third-order valence-corrected chi connectivity index (χ3v) is 0. The molecule has 0 saturated carbocycles. The smallest absolute Gasteiger partial charge is 0.652 e. The molecule has 0 N–H and O–H groups in total. The van der Waals surface area contributed by atoms with Crippen LogP contribution in [0.15, 0.2) is 0 Å². The Morgan fingerprint density at radius 1 is 1.40 bits per heavy atom. The second kappa shape index (κ2) is 4.15. The van der Waals surface area contributed by atoms with Crippen molar-refractivity contribution in [3.05, 3.63) is 0 Å². The van der Waals surface area contributed by atoms with Gasteiger partial charge in [0.15, 0.2) is 0 Å². The van der Waals surface area contributed by atoms with Gasteiger partial charge in [-0.05, 0) is 6.16 Å². The number of carboxylic acid groups (broad SMARTS) is 2. The van der Waals surface area contributed by atoms with Crippen molar-refractivity contribution in [2.75, 3.05) is 0 Å². The Morgan fingerprint density at radius 3 is 1.40 bits per heavy atom. The van der Waals surface area contributed by atoms with E-state index in [2.05, 4.69) is 0 Å². The van der Waals surface area contributed by atoms with Crippen LogP contribution in [0.1, 0.15) is 0 Å². The van der Waals surface area contributed by atoms with Crippen LogP contribution in [0, 0.1) is 0 Å². The van der Waals surface area contributed by atoms with Crippen LogP contribution in [-0.2, 0) is 26.2 Å². The summed E-state index contributed by atoms with van der Waals surface area (Å²) in [5.41, 5.74) is 0. The molecule has 0 aromatic carbocycles. The zero-order chi connectivity index (χ0) is 3.58. The van der Waals surface area contributed by atoms with Crippen molar-refractivity contribution >= 4 is 6.16 Å². The first-order valence-corrected chi connectivity index (χ1v) is 0.612. The van der Waals surface area contributed by atoms with Gasteiger partial charge >= 0.3 is 26.2 Å². The molecular weight excluding hydrogens is 151 g/mol. The molecule has 0 fully saturated rings. The normalized spacial score (nSPS) is 4.80. The van der Waals surface area contributed by atoms with Crippen LogP contribution in [0.4, 0.5) is 4.79 Å². The molecular formula is CO3Zr. The van der Waals surface area contributed by atoms with Crippen LogP contribution >= 0.6 is 0 Å². The Balaban J connectivity index is 0. The standard InChI is InChI=1S/CH2O3.Zr/c2-1(3)4;/h(H2,2,3,4);/q;+2/p-2. The molecule has 0 aliphatic heterocycles. The van der Waals surface area contributed by atoms with Crippen LogP contribution < -0.4 is 10.2 Å². The van der Waals surface area contributed by atoms with Gasteiger partial charge < -0.3 is 15.0 Å². The topological polar surface area (TPSA) is 63.2 Å². The first kappa shape index (κ1) is 8.94. The molecule has 0 aromatic rings. The van der Waals surface area contributed by atoms with E-state index in [4.69, 9.17) is 15.0 Å². The van der Waals surface area contributed by atoms with E-state index in [0.717, 1.165) is 0 Å².